The topological polar surface area (TPSA) is 9.23 Å². The molecule has 0 fully saturated rings. The Balaban J connectivity index is 1.78. The minimum atomic E-state index is 0.663. The van der Waals surface area contributed by atoms with Gasteiger partial charge in [-0.25, -0.2) is 0 Å². The summed E-state index contributed by atoms with van der Waals surface area (Å²) in [7, 11) is 0. The number of fused-ring (bicyclic) bond motifs is 1. The van der Waals surface area contributed by atoms with Crippen LogP contribution in [0.25, 0.3) is 0 Å². The molecule has 0 atom stereocenters. The van der Waals surface area contributed by atoms with Crippen LogP contribution in [0.5, 0.6) is 5.75 Å². The summed E-state index contributed by atoms with van der Waals surface area (Å²) in [5.74, 6) is 1.08. The molecule has 2 aromatic rings. The molecule has 2 aromatic carbocycles. The summed E-state index contributed by atoms with van der Waals surface area (Å²) in [5.41, 5.74) is 5.40. The summed E-state index contributed by atoms with van der Waals surface area (Å²) in [6.07, 6.45) is 2.37. The van der Waals surface area contributed by atoms with E-state index in [1.807, 2.05) is 18.2 Å². The van der Waals surface area contributed by atoms with Crippen molar-refractivity contribution in [2.24, 2.45) is 0 Å². The van der Waals surface area contributed by atoms with Gasteiger partial charge in [-0.3, -0.25) is 0 Å². The summed E-state index contributed by atoms with van der Waals surface area (Å²) in [6, 6.07) is 14.8. The maximum atomic E-state index is 5.94. The number of hydrogen-bond donors (Lipinski definition) is 0. The largest absolute Gasteiger partial charge is 0.489 e. The second-order valence-corrected chi connectivity index (χ2v) is 4.68. The molecule has 0 spiro atoms. The van der Waals surface area contributed by atoms with Crippen LogP contribution in [0.4, 0.5) is 0 Å². The molecule has 1 aliphatic carbocycles. The zero-order valence-electron chi connectivity index (χ0n) is 10.1. The van der Waals surface area contributed by atoms with Gasteiger partial charge in [0.25, 0.3) is 0 Å². The maximum absolute atomic E-state index is 5.94. The Morgan fingerprint density at radius 1 is 1.06 bits per heavy atom. The Kier molecular flexibility index (Phi) is 2.60. The Morgan fingerprint density at radius 3 is 2.59 bits per heavy atom. The fourth-order valence-corrected chi connectivity index (χ4v) is 2.31. The van der Waals surface area contributed by atoms with Crippen LogP contribution in [-0.4, -0.2) is 0 Å². The van der Waals surface area contributed by atoms with Crippen molar-refractivity contribution in [1.29, 1.82) is 0 Å². The highest BCUT2D eigenvalue weighted by atomic mass is 16.5. The van der Waals surface area contributed by atoms with Crippen LogP contribution in [0.15, 0.2) is 42.5 Å². The summed E-state index contributed by atoms with van der Waals surface area (Å²) in [5, 5.41) is 0. The second-order valence-electron chi connectivity index (χ2n) is 4.68. The molecule has 0 N–H and O–H groups in total. The van der Waals surface area contributed by atoms with E-state index in [1.165, 1.54) is 35.1 Å². The maximum Gasteiger partial charge on any atom is 0.123 e. The second kappa shape index (κ2) is 4.25. The van der Waals surface area contributed by atoms with Crippen molar-refractivity contribution < 1.29 is 4.74 Å². The van der Waals surface area contributed by atoms with Gasteiger partial charge in [-0.1, -0.05) is 36.4 Å². The normalized spacial score (nSPS) is 12.8. The Labute approximate surface area is 102 Å². The van der Waals surface area contributed by atoms with Crippen molar-refractivity contribution in [2.75, 3.05) is 0 Å². The first-order valence-corrected chi connectivity index (χ1v) is 6.12. The van der Waals surface area contributed by atoms with Crippen molar-refractivity contribution in [1.82, 2.24) is 0 Å². The van der Waals surface area contributed by atoms with E-state index >= 15 is 0 Å². The SMILES string of the molecule is Cc1cc2c(c(OCc3ccccc3)c1)CC2. The van der Waals surface area contributed by atoms with E-state index < -0.39 is 0 Å². The third-order valence-corrected chi connectivity index (χ3v) is 3.33. The van der Waals surface area contributed by atoms with Gasteiger partial charge >= 0.3 is 0 Å². The summed E-state index contributed by atoms with van der Waals surface area (Å²) < 4.78 is 5.94. The first-order chi connectivity index (χ1) is 8.33. The molecule has 0 radical (unpaired) electrons. The van der Waals surface area contributed by atoms with E-state index in [0.717, 1.165) is 5.75 Å². The molecular formula is C16H16O. The van der Waals surface area contributed by atoms with Gasteiger partial charge < -0.3 is 4.74 Å². The lowest BCUT2D eigenvalue weighted by molar-refractivity contribution is 0.300. The Hall–Kier alpha value is -1.76. The average molecular weight is 224 g/mol. The van der Waals surface area contributed by atoms with Gasteiger partial charge in [0, 0.05) is 0 Å². The zero-order valence-corrected chi connectivity index (χ0v) is 10.1. The summed E-state index contributed by atoms with van der Waals surface area (Å²) in [6.45, 7) is 2.80. The van der Waals surface area contributed by atoms with Gasteiger partial charge in [-0.2, -0.15) is 0 Å². The molecule has 0 unspecified atom stereocenters. The smallest absolute Gasteiger partial charge is 0.123 e. The molecule has 0 saturated carbocycles. The van der Waals surface area contributed by atoms with Gasteiger partial charge in [0.05, 0.1) is 0 Å². The van der Waals surface area contributed by atoms with E-state index in [9.17, 15) is 0 Å². The lowest BCUT2D eigenvalue weighted by Gasteiger charge is -2.23. The standard InChI is InChI=1S/C16H16O/c1-12-9-14-7-8-15(14)16(10-12)17-11-13-5-3-2-4-6-13/h2-6,9-10H,7-8,11H2,1H3. The number of rotatable bonds is 3. The van der Waals surface area contributed by atoms with E-state index in [2.05, 4.69) is 31.2 Å². The number of hydrogen-bond acceptors (Lipinski definition) is 1. The molecule has 1 aliphatic rings. The average Bonchev–Trinajstić information content (AvgIpc) is 2.32. The predicted molar refractivity (Wildman–Crippen MR) is 69.4 cm³/mol. The quantitative estimate of drug-likeness (QED) is 0.773. The summed E-state index contributed by atoms with van der Waals surface area (Å²) >= 11 is 0. The van der Waals surface area contributed by atoms with Crippen molar-refractivity contribution in [2.45, 2.75) is 26.4 Å². The molecule has 0 heterocycles. The van der Waals surface area contributed by atoms with Crippen LogP contribution in [0, 0.1) is 6.92 Å². The minimum absolute atomic E-state index is 0.663. The molecule has 0 bridgehead atoms. The highest BCUT2D eigenvalue weighted by Gasteiger charge is 2.18. The van der Waals surface area contributed by atoms with E-state index in [1.54, 1.807) is 0 Å². The molecule has 1 heteroatoms. The molecule has 86 valence electrons. The third kappa shape index (κ3) is 2.05. The molecule has 3 rings (SSSR count). The van der Waals surface area contributed by atoms with E-state index in [-0.39, 0.29) is 0 Å². The van der Waals surface area contributed by atoms with Crippen molar-refractivity contribution in [3.05, 3.63) is 64.7 Å². The first-order valence-electron chi connectivity index (χ1n) is 6.12. The van der Waals surface area contributed by atoms with Crippen LogP contribution in [0.3, 0.4) is 0 Å². The number of benzene rings is 2. The molecule has 17 heavy (non-hydrogen) atoms. The van der Waals surface area contributed by atoms with Crippen molar-refractivity contribution in [3.63, 3.8) is 0 Å². The first kappa shape index (κ1) is 10.4. The Morgan fingerprint density at radius 2 is 1.88 bits per heavy atom. The Bertz CT molecular complexity index is 529. The molecule has 0 amide bonds. The van der Waals surface area contributed by atoms with Gasteiger partial charge in [0.2, 0.25) is 0 Å². The number of ether oxygens (including phenoxy) is 1. The fourth-order valence-electron chi connectivity index (χ4n) is 2.31. The molecule has 0 saturated heterocycles. The lowest BCUT2D eigenvalue weighted by Crippen LogP contribution is -2.11. The van der Waals surface area contributed by atoms with Crippen LogP contribution in [0.2, 0.25) is 0 Å². The van der Waals surface area contributed by atoms with Gasteiger partial charge in [0.15, 0.2) is 0 Å². The predicted octanol–water partition coefficient (Wildman–Crippen LogP) is 3.67. The van der Waals surface area contributed by atoms with E-state index in [0.29, 0.717) is 6.61 Å². The van der Waals surface area contributed by atoms with Gasteiger partial charge in [-0.05, 0) is 48.1 Å². The van der Waals surface area contributed by atoms with Crippen LogP contribution in [0.1, 0.15) is 22.3 Å². The monoisotopic (exact) mass is 224 g/mol. The fraction of sp³-hybridized carbons (Fsp3) is 0.250. The van der Waals surface area contributed by atoms with Crippen LogP contribution < -0.4 is 4.74 Å². The van der Waals surface area contributed by atoms with Crippen molar-refractivity contribution in [3.8, 4) is 5.75 Å². The molecule has 1 nitrogen and oxygen atoms in total. The van der Waals surface area contributed by atoms with Crippen LogP contribution >= 0.6 is 0 Å². The highest BCUT2D eigenvalue weighted by molar-refractivity contribution is 5.49. The molecular weight excluding hydrogens is 208 g/mol. The minimum Gasteiger partial charge on any atom is -0.489 e. The highest BCUT2D eigenvalue weighted by Crippen LogP contribution is 2.33. The number of aryl methyl sites for hydroxylation is 2. The molecule has 0 aromatic heterocycles. The van der Waals surface area contributed by atoms with Gasteiger partial charge in [-0.15, -0.1) is 0 Å². The zero-order chi connectivity index (χ0) is 11.7. The molecule has 0 aliphatic heterocycles. The summed E-state index contributed by atoms with van der Waals surface area (Å²) in [4.78, 5) is 0. The lowest BCUT2D eigenvalue weighted by atomic mass is 9.86. The van der Waals surface area contributed by atoms with Crippen LogP contribution in [-0.2, 0) is 19.4 Å². The van der Waals surface area contributed by atoms with Gasteiger partial charge in [0.1, 0.15) is 12.4 Å². The van der Waals surface area contributed by atoms with E-state index in [4.69, 9.17) is 4.74 Å². The third-order valence-electron chi connectivity index (χ3n) is 3.33. The van der Waals surface area contributed by atoms with Crippen molar-refractivity contribution >= 4 is 0 Å².